The van der Waals surface area contributed by atoms with Crippen molar-refractivity contribution in [2.24, 2.45) is 0 Å². The van der Waals surface area contributed by atoms with Gasteiger partial charge in [-0.2, -0.15) is 0 Å². The first-order valence-corrected chi connectivity index (χ1v) is 4.58. The van der Waals surface area contributed by atoms with Crippen molar-refractivity contribution >= 4 is 11.9 Å². The minimum absolute atomic E-state index is 0.303. The Morgan fingerprint density at radius 2 is 1.47 bits per heavy atom. The molecule has 6 nitrogen and oxygen atoms in total. The Kier molecular flexibility index (Phi) is 7.21. The predicted octanol–water partition coefficient (Wildman–Crippen LogP) is -0.719. The zero-order valence-corrected chi connectivity index (χ0v) is 8.45. The van der Waals surface area contributed by atoms with E-state index >= 15 is 0 Å². The lowest BCUT2D eigenvalue weighted by Crippen LogP contribution is -2.39. The first-order valence-electron chi connectivity index (χ1n) is 4.58. The summed E-state index contributed by atoms with van der Waals surface area (Å²) < 4.78 is 0. The molecule has 1 aliphatic rings. The maximum absolute atomic E-state index is 9.87. The second-order valence-corrected chi connectivity index (χ2v) is 2.98. The van der Waals surface area contributed by atoms with E-state index in [1.165, 1.54) is 0 Å². The average molecular weight is 216 g/mol. The van der Waals surface area contributed by atoms with Crippen LogP contribution in [0.5, 0.6) is 0 Å². The smallest absolute Gasteiger partial charge is 0.331 e. The number of aliphatic carboxylic acids is 2. The van der Waals surface area contributed by atoms with E-state index in [0.717, 1.165) is 26.2 Å². The molecule has 1 rings (SSSR count). The van der Waals surface area contributed by atoms with Crippen molar-refractivity contribution in [1.29, 1.82) is 0 Å². The number of piperazine rings is 1. The zero-order chi connectivity index (χ0) is 11.7. The average Bonchev–Trinajstić information content (AvgIpc) is 2.20. The molecule has 0 radical (unpaired) electrons. The van der Waals surface area contributed by atoms with Crippen molar-refractivity contribution in [1.82, 2.24) is 10.6 Å². The molecule has 1 heterocycles. The first kappa shape index (κ1) is 13.6. The lowest BCUT2D eigenvalue weighted by molar-refractivity contribution is -0.139. The summed E-state index contributed by atoms with van der Waals surface area (Å²) in [6.45, 7) is 7.57. The minimum atomic E-state index is -1.27. The molecule has 0 saturated carbocycles. The van der Waals surface area contributed by atoms with Crippen molar-refractivity contribution in [2.45, 2.75) is 6.42 Å². The summed E-state index contributed by atoms with van der Waals surface area (Å²) in [4.78, 5) is 19.7. The fourth-order valence-corrected chi connectivity index (χ4v) is 0.862. The van der Waals surface area contributed by atoms with Crippen LogP contribution in [0.1, 0.15) is 6.42 Å². The molecule has 0 aromatic rings. The topological polar surface area (TPSA) is 98.7 Å². The normalized spacial score (nSPS) is 14.7. The Morgan fingerprint density at radius 3 is 1.60 bits per heavy atom. The van der Waals surface area contributed by atoms with Gasteiger partial charge in [0.25, 0.3) is 0 Å². The van der Waals surface area contributed by atoms with Gasteiger partial charge in [0.1, 0.15) is 0 Å². The fraction of sp³-hybridized carbons (Fsp3) is 0.556. The second kappa shape index (κ2) is 7.95. The molecule has 6 heteroatoms. The van der Waals surface area contributed by atoms with Crippen LogP contribution in [0.4, 0.5) is 0 Å². The van der Waals surface area contributed by atoms with Crippen LogP contribution in [0.15, 0.2) is 12.2 Å². The monoisotopic (exact) mass is 216 g/mol. The highest BCUT2D eigenvalue weighted by atomic mass is 16.4. The highest BCUT2D eigenvalue weighted by Crippen LogP contribution is 1.95. The first-order chi connectivity index (χ1) is 7.04. The Balaban J connectivity index is 0.000000280. The largest absolute Gasteiger partial charge is 0.481 e. The molecule has 0 aromatic carbocycles. The summed E-state index contributed by atoms with van der Waals surface area (Å²) in [7, 11) is 0. The van der Waals surface area contributed by atoms with E-state index in [1.54, 1.807) is 0 Å². The molecule has 0 spiro atoms. The molecule has 1 fully saturated rings. The quantitative estimate of drug-likeness (QED) is 0.465. The number of carboxylic acids is 2. The Labute approximate surface area is 88.0 Å². The van der Waals surface area contributed by atoms with E-state index < -0.39 is 18.4 Å². The van der Waals surface area contributed by atoms with Crippen LogP contribution in [0.3, 0.4) is 0 Å². The molecule has 15 heavy (non-hydrogen) atoms. The van der Waals surface area contributed by atoms with Crippen molar-refractivity contribution in [2.75, 3.05) is 26.2 Å². The Morgan fingerprint density at radius 1 is 1.07 bits per heavy atom. The van der Waals surface area contributed by atoms with Gasteiger partial charge in [-0.25, -0.2) is 4.79 Å². The molecule has 0 amide bonds. The third kappa shape index (κ3) is 8.92. The number of hydrogen-bond donors (Lipinski definition) is 4. The van der Waals surface area contributed by atoms with Gasteiger partial charge in [0.05, 0.1) is 6.42 Å². The molecule has 0 aliphatic carbocycles. The van der Waals surface area contributed by atoms with Crippen LogP contribution in [0.2, 0.25) is 0 Å². The Bertz CT molecular complexity index is 225. The molecule has 1 aliphatic heterocycles. The van der Waals surface area contributed by atoms with Crippen molar-refractivity contribution < 1.29 is 19.8 Å². The highest BCUT2D eigenvalue weighted by molar-refractivity contribution is 5.91. The summed E-state index contributed by atoms with van der Waals surface area (Å²) in [5, 5.41) is 22.5. The van der Waals surface area contributed by atoms with Crippen LogP contribution in [0, 0.1) is 0 Å². The van der Waals surface area contributed by atoms with Gasteiger partial charge in [-0.05, 0) is 0 Å². The molecule has 0 aromatic heterocycles. The van der Waals surface area contributed by atoms with Crippen molar-refractivity contribution in [3.8, 4) is 0 Å². The van der Waals surface area contributed by atoms with Gasteiger partial charge in [-0.15, -0.1) is 0 Å². The van der Waals surface area contributed by atoms with Gasteiger partial charge >= 0.3 is 11.9 Å². The molecule has 0 unspecified atom stereocenters. The summed E-state index contributed by atoms with van der Waals surface area (Å²) in [5.74, 6) is -2.44. The zero-order valence-electron chi connectivity index (χ0n) is 8.45. The van der Waals surface area contributed by atoms with E-state index in [0.29, 0.717) is 0 Å². The van der Waals surface area contributed by atoms with Crippen molar-refractivity contribution in [3.63, 3.8) is 0 Å². The van der Waals surface area contributed by atoms with Gasteiger partial charge < -0.3 is 20.8 Å². The molecule has 0 atom stereocenters. The summed E-state index contributed by atoms with van der Waals surface area (Å²) in [6, 6.07) is 0. The SMILES string of the molecule is C1CNCCN1.C=C(CC(=O)O)C(=O)O. The van der Waals surface area contributed by atoms with Gasteiger partial charge in [0.15, 0.2) is 0 Å². The predicted molar refractivity (Wildman–Crippen MR) is 54.8 cm³/mol. The van der Waals surface area contributed by atoms with E-state index in [-0.39, 0.29) is 5.57 Å². The van der Waals surface area contributed by atoms with Gasteiger partial charge in [0, 0.05) is 31.8 Å². The standard InChI is InChI=1S/C5H6O4.C4H10N2/c1-3(5(8)9)2-4(6)7;1-2-6-4-3-5-1/h1-2H2,(H,6,7)(H,8,9);5-6H,1-4H2. The van der Waals surface area contributed by atoms with E-state index in [4.69, 9.17) is 10.2 Å². The van der Waals surface area contributed by atoms with Gasteiger partial charge in [-0.1, -0.05) is 6.58 Å². The van der Waals surface area contributed by atoms with Crippen LogP contribution in [-0.4, -0.2) is 48.3 Å². The molecule has 1 saturated heterocycles. The molecule has 86 valence electrons. The molecule has 4 N–H and O–H groups in total. The molecule has 0 bridgehead atoms. The number of carbonyl (C=O) groups is 2. The summed E-state index contributed by atoms with van der Waals surface area (Å²) in [5.41, 5.74) is -0.303. The van der Waals surface area contributed by atoms with Crippen LogP contribution in [0.25, 0.3) is 0 Å². The number of nitrogens with one attached hydrogen (secondary N) is 2. The van der Waals surface area contributed by atoms with Gasteiger partial charge in [0.2, 0.25) is 0 Å². The molecular formula is C9H16N2O4. The lowest BCUT2D eigenvalue weighted by Gasteiger charge is -2.11. The van der Waals surface area contributed by atoms with Crippen LogP contribution >= 0.6 is 0 Å². The van der Waals surface area contributed by atoms with Crippen LogP contribution in [-0.2, 0) is 9.59 Å². The number of carboxylic acid groups (broad SMARTS) is 2. The summed E-state index contributed by atoms with van der Waals surface area (Å²) >= 11 is 0. The second-order valence-electron chi connectivity index (χ2n) is 2.98. The van der Waals surface area contributed by atoms with Gasteiger partial charge in [-0.3, -0.25) is 4.79 Å². The maximum Gasteiger partial charge on any atom is 0.331 e. The van der Waals surface area contributed by atoms with Crippen LogP contribution < -0.4 is 10.6 Å². The molecular weight excluding hydrogens is 200 g/mol. The third-order valence-corrected chi connectivity index (χ3v) is 1.62. The van der Waals surface area contributed by atoms with E-state index in [9.17, 15) is 9.59 Å². The van der Waals surface area contributed by atoms with E-state index in [2.05, 4.69) is 17.2 Å². The highest BCUT2D eigenvalue weighted by Gasteiger charge is 2.07. The lowest BCUT2D eigenvalue weighted by atomic mass is 10.2. The number of hydrogen-bond acceptors (Lipinski definition) is 4. The minimum Gasteiger partial charge on any atom is -0.481 e. The van der Waals surface area contributed by atoms with Crippen molar-refractivity contribution in [3.05, 3.63) is 12.2 Å². The summed E-state index contributed by atoms with van der Waals surface area (Å²) in [6.07, 6.45) is -0.505. The Hall–Kier alpha value is -1.40. The van der Waals surface area contributed by atoms with E-state index in [1.807, 2.05) is 0 Å². The fourth-order valence-electron chi connectivity index (χ4n) is 0.862. The third-order valence-electron chi connectivity index (χ3n) is 1.62. The number of rotatable bonds is 3. The maximum atomic E-state index is 9.87.